The first kappa shape index (κ1) is 18.3. The van der Waals surface area contributed by atoms with Gasteiger partial charge < -0.3 is 15.4 Å². The van der Waals surface area contributed by atoms with E-state index in [9.17, 15) is 4.79 Å². The third-order valence-corrected chi connectivity index (χ3v) is 5.10. The van der Waals surface area contributed by atoms with E-state index in [1.54, 1.807) is 30.6 Å². The van der Waals surface area contributed by atoms with Crippen LogP contribution in [0.25, 0.3) is 0 Å². The zero-order chi connectivity index (χ0) is 18.4. The summed E-state index contributed by atoms with van der Waals surface area (Å²) < 4.78 is 5.13. The average molecular weight is 387 g/mol. The molecule has 0 aliphatic carbocycles. The number of amides is 1. The summed E-state index contributed by atoms with van der Waals surface area (Å²) in [6.07, 6.45) is 0. The lowest BCUT2D eigenvalue weighted by Gasteiger charge is -2.18. The molecule has 1 atom stereocenters. The Kier molecular flexibility index (Phi) is 6.15. The topological polar surface area (TPSA) is 50.4 Å². The van der Waals surface area contributed by atoms with Crippen molar-refractivity contribution in [1.82, 2.24) is 5.32 Å². The van der Waals surface area contributed by atoms with Crippen molar-refractivity contribution in [2.75, 3.05) is 19.0 Å². The molecule has 2 aromatic carbocycles. The molecule has 1 unspecified atom stereocenters. The summed E-state index contributed by atoms with van der Waals surface area (Å²) in [7, 11) is 1.57. The van der Waals surface area contributed by atoms with Gasteiger partial charge in [-0.05, 0) is 35.2 Å². The maximum atomic E-state index is 12.5. The van der Waals surface area contributed by atoms with Crippen LogP contribution in [0.1, 0.15) is 16.5 Å². The molecule has 0 fully saturated rings. The SMILES string of the molecule is COc1ccc(NCC(=O)NC(c2ccccc2)c2cccs2)cc1Cl. The Morgan fingerprint density at radius 1 is 1.15 bits per heavy atom. The third kappa shape index (κ3) is 4.56. The average Bonchev–Trinajstić information content (AvgIpc) is 3.19. The predicted molar refractivity (Wildman–Crippen MR) is 107 cm³/mol. The minimum absolute atomic E-state index is 0.0980. The van der Waals surface area contributed by atoms with Gasteiger partial charge >= 0.3 is 0 Å². The zero-order valence-corrected chi connectivity index (χ0v) is 15.8. The van der Waals surface area contributed by atoms with Gasteiger partial charge in [0.1, 0.15) is 5.75 Å². The number of ether oxygens (including phenoxy) is 1. The number of thiophene rings is 1. The van der Waals surface area contributed by atoms with E-state index in [1.165, 1.54) is 0 Å². The van der Waals surface area contributed by atoms with E-state index in [4.69, 9.17) is 16.3 Å². The molecule has 3 aromatic rings. The van der Waals surface area contributed by atoms with Crippen molar-refractivity contribution >= 4 is 34.5 Å². The Bertz CT molecular complexity index is 854. The van der Waals surface area contributed by atoms with Crippen molar-refractivity contribution in [2.24, 2.45) is 0 Å². The number of methoxy groups -OCH3 is 1. The molecule has 3 rings (SSSR count). The maximum absolute atomic E-state index is 12.5. The van der Waals surface area contributed by atoms with E-state index in [0.29, 0.717) is 10.8 Å². The largest absolute Gasteiger partial charge is 0.495 e. The van der Waals surface area contributed by atoms with Crippen LogP contribution in [0.4, 0.5) is 5.69 Å². The number of halogens is 1. The monoisotopic (exact) mass is 386 g/mol. The Morgan fingerprint density at radius 3 is 2.62 bits per heavy atom. The molecule has 0 saturated heterocycles. The van der Waals surface area contributed by atoms with Gasteiger partial charge in [0.2, 0.25) is 5.91 Å². The maximum Gasteiger partial charge on any atom is 0.240 e. The number of carbonyl (C=O) groups excluding carboxylic acids is 1. The molecular formula is C20H19ClN2O2S. The van der Waals surface area contributed by atoms with Crippen LogP contribution in [0.15, 0.2) is 66.0 Å². The summed E-state index contributed by atoms with van der Waals surface area (Å²) in [6.45, 7) is 0.150. The van der Waals surface area contributed by atoms with Crippen molar-refractivity contribution < 1.29 is 9.53 Å². The lowest BCUT2D eigenvalue weighted by Crippen LogP contribution is -2.33. The first-order valence-corrected chi connectivity index (χ1v) is 9.38. The molecular weight excluding hydrogens is 368 g/mol. The molecule has 1 aromatic heterocycles. The zero-order valence-electron chi connectivity index (χ0n) is 14.2. The summed E-state index contributed by atoms with van der Waals surface area (Å²) in [4.78, 5) is 13.6. The van der Waals surface area contributed by atoms with Crippen LogP contribution in [0, 0.1) is 0 Å². The number of benzene rings is 2. The lowest BCUT2D eigenvalue weighted by molar-refractivity contribution is -0.119. The van der Waals surface area contributed by atoms with Gasteiger partial charge in [-0.2, -0.15) is 0 Å². The molecule has 134 valence electrons. The predicted octanol–water partition coefficient (Wildman–Crippen LogP) is 4.73. The summed E-state index contributed by atoms with van der Waals surface area (Å²) in [5.41, 5.74) is 1.81. The molecule has 26 heavy (non-hydrogen) atoms. The van der Waals surface area contributed by atoms with E-state index in [0.717, 1.165) is 16.1 Å². The van der Waals surface area contributed by atoms with Crippen molar-refractivity contribution in [3.05, 3.63) is 81.5 Å². The second kappa shape index (κ2) is 8.74. The Hall–Kier alpha value is -2.50. The molecule has 0 radical (unpaired) electrons. The molecule has 2 N–H and O–H groups in total. The second-order valence-electron chi connectivity index (χ2n) is 5.63. The molecule has 1 heterocycles. The molecule has 1 amide bonds. The molecule has 4 nitrogen and oxygen atoms in total. The fourth-order valence-corrected chi connectivity index (χ4v) is 3.65. The van der Waals surface area contributed by atoms with Crippen LogP contribution in [0.3, 0.4) is 0 Å². The smallest absolute Gasteiger partial charge is 0.240 e. The molecule has 0 aliphatic rings. The minimum Gasteiger partial charge on any atom is -0.495 e. The van der Waals surface area contributed by atoms with Crippen LogP contribution in [-0.2, 0) is 4.79 Å². The van der Waals surface area contributed by atoms with Crippen molar-refractivity contribution in [2.45, 2.75) is 6.04 Å². The van der Waals surface area contributed by atoms with Crippen LogP contribution in [0.5, 0.6) is 5.75 Å². The number of rotatable bonds is 7. The first-order chi connectivity index (χ1) is 12.7. The normalized spacial score (nSPS) is 11.6. The number of anilines is 1. The molecule has 0 spiro atoms. The number of hydrogen-bond donors (Lipinski definition) is 2. The van der Waals surface area contributed by atoms with E-state index in [2.05, 4.69) is 10.6 Å². The highest BCUT2D eigenvalue weighted by Crippen LogP contribution is 2.28. The van der Waals surface area contributed by atoms with Gasteiger partial charge in [0.05, 0.1) is 24.7 Å². The van der Waals surface area contributed by atoms with Gasteiger partial charge in [0.15, 0.2) is 0 Å². The fraction of sp³-hybridized carbons (Fsp3) is 0.150. The molecule has 0 bridgehead atoms. The lowest BCUT2D eigenvalue weighted by atomic mass is 10.1. The third-order valence-electron chi connectivity index (χ3n) is 3.87. The number of nitrogens with one attached hydrogen (secondary N) is 2. The number of hydrogen-bond acceptors (Lipinski definition) is 4. The van der Waals surface area contributed by atoms with Crippen LogP contribution in [-0.4, -0.2) is 19.6 Å². The Labute approximate surface area is 161 Å². The molecule has 0 saturated carbocycles. The van der Waals surface area contributed by atoms with Gasteiger partial charge in [-0.3, -0.25) is 4.79 Å². The van der Waals surface area contributed by atoms with Crippen molar-refractivity contribution in [3.63, 3.8) is 0 Å². The van der Waals surface area contributed by atoms with Gasteiger partial charge in [-0.15, -0.1) is 11.3 Å². The minimum atomic E-state index is -0.162. The Balaban J connectivity index is 1.66. The van der Waals surface area contributed by atoms with E-state index >= 15 is 0 Å². The quantitative estimate of drug-likeness (QED) is 0.617. The van der Waals surface area contributed by atoms with Gasteiger partial charge in [-0.25, -0.2) is 0 Å². The Morgan fingerprint density at radius 2 is 1.96 bits per heavy atom. The van der Waals surface area contributed by atoms with Crippen LogP contribution < -0.4 is 15.4 Å². The van der Waals surface area contributed by atoms with Crippen LogP contribution >= 0.6 is 22.9 Å². The highest BCUT2D eigenvalue weighted by molar-refractivity contribution is 7.10. The highest BCUT2D eigenvalue weighted by Gasteiger charge is 2.17. The fourth-order valence-electron chi connectivity index (χ4n) is 2.59. The summed E-state index contributed by atoms with van der Waals surface area (Å²) in [5.74, 6) is 0.502. The summed E-state index contributed by atoms with van der Waals surface area (Å²) >= 11 is 7.73. The number of carbonyl (C=O) groups is 1. The summed E-state index contributed by atoms with van der Waals surface area (Å²) in [6, 6.07) is 19.1. The van der Waals surface area contributed by atoms with E-state index in [-0.39, 0.29) is 18.5 Å². The molecule has 6 heteroatoms. The van der Waals surface area contributed by atoms with Gasteiger partial charge in [0, 0.05) is 10.6 Å². The summed E-state index contributed by atoms with van der Waals surface area (Å²) in [5, 5.41) is 8.69. The first-order valence-electron chi connectivity index (χ1n) is 8.12. The second-order valence-corrected chi connectivity index (χ2v) is 7.02. The van der Waals surface area contributed by atoms with Crippen LogP contribution in [0.2, 0.25) is 5.02 Å². The van der Waals surface area contributed by atoms with E-state index in [1.807, 2.05) is 53.9 Å². The van der Waals surface area contributed by atoms with Gasteiger partial charge in [0.25, 0.3) is 0 Å². The molecule has 0 aliphatic heterocycles. The highest BCUT2D eigenvalue weighted by atomic mass is 35.5. The van der Waals surface area contributed by atoms with Crippen molar-refractivity contribution in [1.29, 1.82) is 0 Å². The van der Waals surface area contributed by atoms with E-state index < -0.39 is 0 Å². The standard InChI is InChI=1S/C20H19ClN2O2S/c1-25-17-10-9-15(12-16(17)21)22-13-19(24)23-20(18-8-5-11-26-18)14-6-3-2-4-7-14/h2-12,20,22H,13H2,1H3,(H,23,24). The van der Waals surface area contributed by atoms with Gasteiger partial charge in [-0.1, -0.05) is 48.0 Å². The van der Waals surface area contributed by atoms with Crippen molar-refractivity contribution in [3.8, 4) is 5.75 Å².